The fourth-order valence-corrected chi connectivity index (χ4v) is 1.96. The second kappa shape index (κ2) is 10.7. The zero-order valence-corrected chi connectivity index (χ0v) is 12.8. The van der Waals surface area contributed by atoms with E-state index in [2.05, 4.69) is 12.2 Å². The third-order valence-electron chi connectivity index (χ3n) is 3.11. The Bertz CT molecular complexity index is 402. The molecule has 5 heteroatoms. The van der Waals surface area contributed by atoms with Crippen molar-refractivity contribution in [2.45, 2.75) is 32.7 Å². The van der Waals surface area contributed by atoms with Gasteiger partial charge in [-0.25, -0.2) is 8.78 Å². The topological polar surface area (TPSA) is 30.5 Å². The van der Waals surface area contributed by atoms with E-state index in [0.717, 1.165) is 25.5 Å². The van der Waals surface area contributed by atoms with E-state index in [1.165, 1.54) is 6.07 Å². The van der Waals surface area contributed by atoms with Gasteiger partial charge in [0.05, 0.1) is 25.9 Å². The second-order valence-electron chi connectivity index (χ2n) is 4.79. The highest BCUT2D eigenvalue weighted by Gasteiger charge is 2.17. The lowest BCUT2D eigenvalue weighted by molar-refractivity contribution is 0.0378. The molecule has 0 fully saturated rings. The molecule has 0 radical (unpaired) electrons. The molecule has 0 saturated carbocycles. The number of benzene rings is 1. The minimum atomic E-state index is -0.835. The molecule has 0 aliphatic carbocycles. The third-order valence-corrected chi connectivity index (χ3v) is 3.11. The normalized spacial score (nSPS) is 12.6. The molecule has 0 amide bonds. The van der Waals surface area contributed by atoms with Crippen LogP contribution < -0.4 is 5.32 Å². The zero-order valence-electron chi connectivity index (χ0n) is 12.8. The van der Waals surface area contributed by atoms with Gasteiger partial charge >= 0.3 is 0 Å². The van der Waals surface area contributed by atoms with Gasteiger partial charge in [0.1, 0.15) is 0 Å². The van der Waals surface area contributed by atoms with E-state index in [9.17, 15) is 8.78 Å². The van der Waals surface area contributed by atoms with Gasteiger partial charge in [-0.15, -0.1) is 0 Å². The van der Waals surface area contributed by atoms with Crippen LogP contribution in [-0.4, -0.2) is 33.0 Å². The van der Waals surface area contributed by atoms with Crippen LogP contribution in [-0.2, 0) is 9.47 Å². The van der Waals surface area contributed by atoms with Crippen LogP contribution in [0.3, 0.4) is 0 Å². The van der Waals surface area contributed by atoms with Crippen molar-refractivity contribution in [2.24, 2.45) is 0 Å². The van der Waals surface area contributed by atoms with Gasteiger partial charge in [0, 0.05) is 12.2 Å². The molecule has 0 saturated heterocycles. The number of hydrogen-bond donors (Lipinski definition) is 1. The van der Waals surface area contributed by atoms with Gasteiger partial charge in [-0.3, -0.25) is 0 Å². The molecule has 120 valence electrons. The van der Waals surface area contributed by atoms with Crippen molar-refractivity contribution >= 4 is 0 Å². The van der Waals surface area contributed by atoms with Gasteiger partial charge in [0.2, 0.25) is 0 Å². The number of likely N-dealkylation sites (N-methyl/N-ethyl adjacent to an activating group) is 1. The lowest BCUT2D eigenvalue weighted by Gasteiger charge is -2.19. The molecule has 0 aromatic heterocycles. The largest absolute Gasteiger partial charge is 0.379 e. The molecule has 1 atom stereocenters. The Hall–Kier alpha value is -1.04. The Kier molecular flexibility index (Phi) is 9.14. The predicted molar refractivity (Wildman–Crippen MR) is 79.3 cm³/mol. The van der Waals surface area contributed by atoms with Crippen molar-refractivity contribution in [3.8, 4) is 0 Å². The molecule has 1 aromatic rings. The molecule has 0 heterocycles. The highest BCUT2D eigenvalue weighted by molar-refractivity contribution is 5.22. The lowest BCUT2D eigenvalue weighted by Crippen LogP contribution is -2.27. The number of hydrogen-bond acceptors (Lipinski definition) is 3. The summed E-state index contributed by atoms with van der Waals surface area (Å²) in [6.07, 6.45) is 2.14. The molecule has 1 aromatic carbocycles. The van der Waals surface area contributed by atoms with Gasteiger partial charge in [-0.05, 0) is 19.0 Å². The first-order valence-electron chi connectivity index (χ1n) is 7.53. The average Bonchev–Trinajstić information content (AvgIpc) is 2.48. The Morgan fingerprint density at radius 1 is 1.10 bits per heavy atom. The molecule has 21 heavy (non-hydrogen) atoms. The van der Waals surface area contributed by atoms with Gasteiger partial charge in [-0.1, -0.05) is 32.4 Å². The van der Waals surface area contributed by atoms with Crippen molar-refractivity contribution in [2.75, 3.05) is 33.0 Å². The van der Waals surface area contributed by atoms with Crippen LogP contribution in [0.2, 0.25) is 0 Å². The summed E-state index contributed by atoms with van der Waals surface area (Å²) in [6, 6.07) is 3.84. The SMILES string of the molecule is CCCCOCCOCC(NCC)c1cccc(F)c1F. The number of halogens is 2. The molecule has 1 rings (SSSR count). The van der Waals surface area contributed by atoms with Crippen molar-refractivity contribution < 1.29 is 18.3 Å². The van der Waals surface area contributed by atoms with Gasteiger partial charge in [0.25, 0.3) is 0 Å². The van der Waals surface area contributed by atoms with E-state index in [1.54, 1.807) is 6.07 Å². The standard InChI is InChI=1S/C16H25F2NO2/c1-3-5-9-20-10-11-21-12-15(19-4-2)13-7-6-8-14(17)16(13)18/h6-8,15,19H,3-5,9-12H2,1-2H3. The van der Waals surface area contributed by atoms with Crippen molar-refractivity contribution in [1.29, 1.82) is 0 Å². The highest BCUT2D eigenvalue weighted by Crippen LogP contribution is 2.19. The number of nitrogens with one attached hydrogen (secondary N) is 1. The summed E-state index contributed by atoms with van der Waals surface area (Å²) in [5.41, 5.74) is 0.295. The molecule has 1 unspecified atom stereocenters. The van der Waals surface area contributed by atoms with Crippen LogP contribution in [0.15, 0.2) is 18.2 Å². The summed E-state index contributed by atoms with van der Waals surface area (Å²) in [6.45, 7) is 6.65. The molecule has 0 spiro atoms. The zero-order chi connectivity index (χ0) is 15.5. The summed E-state index contributed by atoms with van der Waals surface area (Å²) >= 11 is 0. The van der Waals surface area contributed by atoms with Gasteiger partial charge < -0.3 is 14.8 Å². The van der Waals surface area contributed by atoms with Crippen LogP contribution in [0.5, 0.6) is 0 Å². The van der Waals surface area contributed by atoms with Crippen molar-refractivity contribution in [3.05, 3.63) is 35.4 Å². The van der Waals surface area contributed by atoms with E-state index in [0.29, 0.717) is 25.3 Å². The minimum absolute atomic E-state index is 0.283. The Morgan fingerprint density at radius 2 is 1.86 bits per heavy atom. The van der Waals surface area contributed by atoms with Gasteiger partial charge in [-0.2, -0.15) is 0 Å². The quantitative estimate of drug-likeness (QED) is 0.635. The first kappa shape index (κ1) is 18.0. The van der Waals surface area contributed by atoms with Crippen molar-refractivity contribution in [1.82, 2.24) is 5.32 Å². The van der Waals surface area contributed by atoms with Crippen LogP contribution in [0.4, 0.5) is 8.78 Å². The fourth-order valence-electron chi connectivity index (χ4n) is 1.96. The molecule has 0 aliphatic heterocycles. The maximum Gasteiger partial charge on any atom is 0.163 e. The van der Waals surface area contributed by atoms with Crippen LogP contribution in [0.25, 0.3) is 0 Å². The van der Waals surface area contributed by atoms with Crippen LogP contribution in [0, 0.1) is 11.6 Å². The first-order chi connectivity index (χ1) is 10.2. The Morgan fingerprint density at radius 3 is 2.57 bits per heavy atom. The number of ether oxygens (including phenoxy) is 2. The average molecular weight is 301 g/mol. The highest BCUT2D eigenvalue weighted by atomic mass is 19.2. The lowest BCUT2D eigenvalue weighted by atomic mass is 10.1. The van der Waals surface area contributed by atoms with Gasteiger partial charge in [0.15, 0.2) is 11.6 Å². The van der Waals surface area contributed by atoms with Crippen LogP contribution in [0.1, 0.15) is 38.3 Å². The summed E-state index contributed by atoms with van der Waals surface area (Å²) in [4.78, 5) is 0. The Balaban J connectivity index is 2.41. The van der Waals surface area contributed by atoms with E-state index in [1.807, 2.05) is 6.92 Å². The predicted octanol–water partition coefficient (Wildman–Crippen LogP) is 3.45. The smallest absolute Gasteiger partial charge is 0.163 e. The van der Waals surface area contributed by atoms with Crippen molar-refractivity contribution in [3.63, 3.8) is 0 Å². The summed E-state index contributed by atoms with van der Waals surface area (Å²) in [5.74, 6) is -1.65. The molecule has 0 aliphatic rings. The van der Waals surface area contributed by atoms with E-state index in [4.69, 9.17) is 9.47 Å². The first-order valence-corrected chi connectivity index (χ1v) is 7.53. The maximum absolute atomic E-state index is 13.8. The fraction of sp³-hybridized carbons (Fsp3) is 0.625. The third kappa shape index (κ3) is 6.50. The van der Waals surface area contributed by atoms with E-state index < -0.39 is 11.6 Å². The minimum Gasteiger partial charge on any atom is -0.379 e. The molecule has 3 nitrogen and oxygen atoms in total. The summed E-state index contributed by atoms with van der Waals surface area (Å²) in [7, 11) is 0. The van der Waals surface area contributed by atoms with E-state index >= 15 is 0 Å². The Labute approximate surface area is 125 Å². The molecule has 0 bridgehead atoms. The molecule has 1 N–H and O–H groups in total. The maximum atomic E-state index is 13.8. The van der Waals surface area contributed by atoms with E-state index in [-0.39, 0.29) is 12.6 Å². The number of unbranched alkanes of at least 4 members (excludes halogenated alkanes) is 1. The second-order valence-corrected chi connectivity index (χ2v) is 4.79. The molecular weight excluding hydrogens is 276 g/mol. The number of rotatable bonds is 11. The summed E-state index contributed by atoms with van der Waals surface area (Å²) in [5, 5.41) is 3.11. The summed E-state index contributed by atoms with van der Waals surface area (Å²) < 4.78 is 38.0. The molecular formula is C16H25F2NO2. The van der Waals surface area contributed by atoms with Crippen LogP contribution >= 0.6 is 0 Å². The monoisotopic (exact) mass is 301 g/mol.